The fraction of sp³-hybridized carbons (Fsp3) is 0.316. The Morgan fingerprint density at radius 3 is 2.63 bits per heavy atom. The molecule has 0 saturated carbocycles. The average molecular weight is 426 g/mol. The molecule has 1 aromatic carbocycles. The zero-order valence-corrected chi connectivity index (χ0v) is 15.9. The van der Waals surface area contributed by atoms with Gasteiger partial charge < -0.3 is 20.5 Å². The molecule has 3 rings (SSSR count). The average Bonchev–Trinajstić information content (AvgIpc) is 2.69. The molecule has 0 saturated heterocycles. The van der Waals surface area contributed by atoms with Gasteiger partial charge in [-0.2, -0.15) is 0 Å². The Balaban J connectivity index is 1.98. The maximum absolute atomic E-state index is 14.7. The number of benzene rings is 1. The first-order valence-electron chi connectivity index (χ1n) is 8.71. The molecule has 0 bridgehead atoms. The first-order chi connectivity index (χ1) is 14.2. The number of hydrogen-bond acceptors (Lipinski definition) is 6. The molecule has 1 aliphatic heterocycles. The lowest BCUT2D eigenvalue weighted by Crippen LogP contribution is -2.55. The summed E-state index contributed by atoms with van der Waals surface area (Å²) >= 11 is 0. The standard InChI is InChI=1S/C19H18F4N4O3/c1-19(15(29-2)14(16(22)23)30-18(24)27-19)11-7-10(4-5-12(11)21)26-17(28)13-6-3-9(20)8-25-13/h3-8,14-16H,1-2H3,(H2,24,27)(H,26,28)/t14-,15-,19+/m0/s1. The van der Waals surface area contributed by atoms with Gasteiger partial charge >= 0.3 is 0 Å². The lowest BCUT2D eigenvalue weighted by molar-refractivity contribution is -0.121. The first kappa shape index (κ1) is 21.5. The van der Waals surface area contributed by atoms with E-state index in [0.717, 1.165) is 18.3 Å². The number of pyridine rings is 1. The van der Waals surface area contributed by atoms with Crippen LogP contribution in [0.3, 0.4) is 0 Å². The van der Waals surface area contributed by atoms with Crippen molar-refractivity contribution in [2.24, 2.45) is 10.7 Å². The first-order valence-corrected chi connectivity index (χ1v) is 8.71. The maximum atomic E-state index is 14.7. The smallest absolute Gasteiger partial charge is 0.283 e. The normalized spacial score (nSPS) is 23.6. The number of ether oxygens (including phenoxy) is 2. The predicted octanol–water partition coefficient (Wildman–Crippen LogP) is 2.82. The number of alkyl halides is 2. The van der Waals surface area contributed by atoms with E-state index in [2.05, 4.69) is 15.3 Å². The maximum Gasteiger partial charge on any atom is 0.283 e. The molecule has 0 radical (unpaired) electrons. The Morgan fingerprint density at radius 1 is 1.30 bits per heavy atom. The number of nitrogens with two attached hydrogens (primary N) is 1. The van der Waals surface area contributed by atoms with Gasteiger partial charge in [0.1, 0.15) is 29.0 Å². The Hall–Kier alpha value is -3.21. The van der Waals surface area contributed by atoms with E-state index in [-0.39, 0.29) is 16.9 Å². The zero-order valence-electron chi connectivity index (χ0n) is 15.9. The highest BCUT2D eigenvalue weighted by atomic mass is 19.3. The van der Waals surface area contributed by atoms with Gasteiger partial charge in [-0.05, 0) is 37.3 Å². The molecule has 160 valence electrons. The van der Waals surface area contributed by atoms with Crippen molar-refractivity contribution in [1.82, 2.24) is 4.98 Å². The summed E-state index contributed by atoms with van der Waals surface area (Å²) in [6, 6.07) is 5.23. The summed E-state index contributed by atoms with van der Waals surface area (Å²) in [5.41, 5.74) is 3.80. The third-order valence-electron chi connectivity index (χ3n) is 4.68. The van der Waals surface area contributed by atoms with Crippen molar-refractivity contribution in [1.29, 1.82) is 0 Å². The Kier molecular flexibility index (Phi) is 5.92. The van der Waals surface area contributed by atoms with Crippen LogP contribution < -0.4 is 11.1 Å². The predicted molar refractivity (Wildman–Crippen MR) is 99.2 cm³/mol. The lowest BCUT2D eigenvalue weighted by atomic mass is 9.82. The molecule has 3 N–H and O–H groups in total. The summed E-state index contributed by atoms with van der Waals surface area (Å²) in [6.45, 7) is 1.37. The van der Waals surface area contributed by atoms with Gasteiger partial charge in [0, 0.05) is 18.4 Å². The number of aromatic nitrogens is 1. The van der Waals surface area contributed by atoms with Gasteiger partial charge in [0.25, 0.3) is 18.4 Å². The molecule has 2 heterocycles. The van der Waals surface area contributed by atoms with Crippen molar-refractivity contribution in [3.63, 3.8) is 0 Å². The Bertz CT molecular complexity index is 971. The number of aliphatic imine (C=N–C) groups is 1. The summed E-state index contributed by atoms with van der Waals surface area (Å²) in [6.07, 6.45) is -5.25. The van der Waals surface area contributed by atoms with E-state index in [1.807, 2.05) is 0 Å². The number of carbonyl (C=O) groups is 1. The fourth-order valence-corrected chi connectivity index (χ4v) is 3.30. The second kappa shape index (κ2) is 8.27. The molecule has 0 fully saturated rings. The van der Waals surface area contributed by atoms with E-state index in [4.69, 9.17) is 15.2 Å². The minimum Gasteiger partial charge on any atom is -0.453 e. The third-order valence-corrected chi connectivity index (χ3v) is 4.68. The number of halogens is 4. The molecule has 0 spiro atoms. The minimum absolute atomic E-state index is 0.0747. The second-order valence-corrected chi connectivity index (χ2v) is 6.68. The zero-order chi connectivity index (χ0) is 22.1. The number of carbonyl (C=O) groups excluding carboxylic acids is 1. The monoisotopic (exact) mass is 426 g/mol. The van der Waals surface area contributed by atoms with Crippen molar-refractivity contribution in [2.45, 2.75) is 31.1 Å². The van der Waals surface area contributed by atoms with Gasteiger partial charge in [0.05, 0.1) is 6.20 Å². The number of hydrogen-bond donors (Lipinski definition) is 2. The summed E-state index contributed by atoms with van der Waals surface area (Å²) in [5.74, 6) is -2.07. The van der Waals surface area contributed by atoms with E-state index < -0.39 is 47.7 Å². The van der Waals surface area contributed by atoms with Gasteiger partial charge in [-0.15, -0.1) is 0 Å². The summed E-state index contributed by atoms with van der Waals surface area (Å²) in [4.78, 5) is 20.0. The van der Waals surface area contributed by atoms with E-state index in [0.29, 0.717) is 0 Å². The van der Waals surface area contributed by atoms with Crippen molar-refractivity contribution < 1.29 is 31.8 Å². The lowest BCUT2D eigenvalue weighted by Gasteiger charge is -2.41. The fourth-order valence-electron chi connectivity index (χ4n) is 3.30. The molecule has 1 aromatic heterocycles. The van der Waals surface area contributed by atoms with Crippen LogP contribution in [0.4, 0.5) is 23.2 Å². The van der Waals surface area contributed by atoms with Crippen LogP contribution >= 0.6 is 0 Å². The van der Waals surface area contributed by atoms with E-state index >= 15 is 0 Å². The van der Waals surface area contributed by atoms with E-state index in [1.54, 1.807) is 0 Å². The Morgan fingerprint density at radius 2 is 2.03 bits per heavy atom. The Labute approximate surface area is 168 Å². The van der Waals surface area contributed by atoms with Crippen molar-refractivity contribution in [3.05, 3.63) is 59.4 Å². The van der Waals surface area contributed by atoms with Gasteiger partial charge in [-0.3, -0.25) is 4.79 Å². The molecular weight excluding hydrogens is 408 g/mol. The van der Waals surface area contributed by atoms with Gasteiger partial charge in [0.2, 0.25) is 0 Å². The van der Waals surface area contributed by atoms with E-state index in [9.17, 15) is 22.4 Å². The molecule has 0 aliphatic carbocycles. The van der Waals surface area contributed by atoms with Crippen LogP contribution in [0, 0.1) is 11.6 Å². The molecule has 7 nitrogen and oxygen atoms in total. The number of nitrogens with one attached hydrogen (secondary N) is 1. The van der Waals surface area contributed by atoms with Crippen molar-refractivity contribution >= 4 is 17.6 Å². The quantitative estimate of drug-likeness (QED) is 0.717. The molecule has 2 aromatic rings. The highest BCUT2D eigenvalue weighted by Crippen LogP contribution is 2.40. The van der Waals surface area contributed by atoms with Gasteiger partial charge in [-0.1, -0.05) is 0 Å². The van der Waals surface area contributed by atoms with Crippen LogP contribution in [0.1, 0.15) is 23.0 Å². The van der Waals surface area contributed by atoms with Crippen molar-refractivity contribution in [2.75, 3.05) is 12.4 Å². The molecule has 1 aliphatic rings. The SMILES string of the molecule is CO[C@H]1[C@@H](C(F)F)OC(N)=N[C@]1(C)c1cc(NC(=O)c2ccc(F)cn2)ccc1F. The van der Waals surface area contributed by atoms with Crippen molar-refractivity contribution in [3.8, 4) is 0 Å². The number of amidine groups is 1. The molecule has 11 heteroatoms. The van der Waals surface area contributed by atoms with Crippen LogP contribution in [-0.4, -0.2) is 42.7 Å². The van der Waals surface area contributed by atoms with Crippen LogP contribution in [0.25, 0.3) is 0 Å². The van der Waals surface area contributed by atoms with Gasteiger partial charge in [-0.25, -0.2) is 27.5 Å². The molecule has 30 heavy (non-hydrogen) atoms. The topological polar surface area (TPSA) is 98.8 Å². The molecule has 3 atom stereocenters. The molecule has 0 unspecified atom stereocenters. The van der Waals surface area contributed by atoms with Crippen LogP contribution in [0.15, 0.2) is 41.5 Å². The molecule has 1 amide bonds. The second-order valence-electron chi connectivity index (χ2n) is 6.68. The summed E-state index contributed by atoms with van der Waals surface area (Å²) < 4.78 is 64.7. The van der Waals surface area contributed by atoms with Crippen LogP contribution in [0.2, 0.25) is 0 Å². The number of anilines is 1. The minimum atomic E-state index is -2.97. The van der Waals surface area contributed by atoms with Crippen LogP contribution in [-0.2, 0) is 15.0 Å². The van der Waals surface area contributed by atoms with E-state index in [1.165, 1.54) is 32.2 Å². The number of amides is 1. The molecular formula is C19H18F4N4O3. The summed E-state index contributed by atoms with van der Waals surface area (Å²) in [7, 11) is 1.17. The highest BCUT2D eigenvalue weighted by Gasteiger charge is 2.51. The number of methoxy groups -OCH3 is 1. The highest BCUT2D eigenvalue weighted by molar-refractivity contribution is 6.02. The van der Waals surface area contributed by atoms with Gasteiger partial charge in [0.15, 0.2) is 6.10 Å². The number of rotatable bonds is 5. The number of nitrogens with zero attached hydrogens (tertiary/aromatic N) is 2. The largest absolute Gasteiger partial charge is 0.453 e. The summed E-state index contributed by atoms with van der Waals surface area (Å²) in [5, 5.41) is 2.49. The van der Waals surface area contributed by atoms with Crippen LogP contribution in [0.5, 0.6) is 0 Å². The third kappa shape index (κ3) is 4.06.